The van der Waals surface area contributed by atoms with Gasteiger partial charge in [0.25, 0.3) is 5.91 Å². The zero-order chi connectivity index (χ0) is 20.5. The second-order valence-corrected chi connectivity index (χ2v) is 6.19. The van der Waals surface area contributed by atoms with Crippen LogP contribution in [0.5, 0.6) is 5.75 Å². The van der Waals surface area contributed by atoms with Crippen molar-refractivity contribution in [3.63, 3.8) is 0 Å². The van der Waals surface area contributed by atoms with Crippen LogP contribution in [-0.2, 0) is 25.5 Å². The summed E-state index contributed by atoms with van der Waals surface area (Å²) in [5.41, 5.74) is 0.940. The van der Waals surface area contributed by atoms with Gasteiger partial charge in [0, 0.05) is 11.4 Å². The molecule has 0 aliphatic heterocycles. The highest BCUT2D eigenvalue weighted by atomic mass is 35.5. The first kappa shape index (κ1) is 21.2. The number of methoxy groups -OCH3 is 2. The van der Waals surface area contributed by atoms with Crippen LogP contribution in [0.15, 0.2) is 48.5 Å². The van der Waals surface area contributed by atoms with Gasteiger partial charge in [-0.25, -0.2) is 9.59 Å². The van der Waals surface area contributed by atoms with Crippen molar-refractivity contribution < 1.29 is 28.6 Å². The quantitative estimate of drug-likeness (QED) is 0.678. The van der Waals surface area contributed by atoms with E-state index < -0.39 is 30.5 Å². The Kier molecular flexibility index (Phi) is 7.83. The van der Waals surface area contributed by atoms with E-state index in [0.717, 1.165) is 5.56 Å². The molecule has 148 valence electrons. The first-order valence-corrected chi connectivity index (χ1v) is 8.74. The van der Waals surface area contributed by atoms with E-state index in [2.05, 4.69) is 5.32 Å². The van der Waals surface area contributed by atoms with Crippen molar-refractivity contribution in [1.82, 2.24) is 5.32 Å². The minimum Gasteiger partial charge on any atom is -0.496 e. The normalized spacial score (nSPS) is 11.2. The maximum atomic E-state index is 12.2. The highest BCUT2D eigenvalue weighted by molar-refractivity contribution is 6.31. The number of halogens is 1. The minimum absolute atomic E-state index is 0.0941. The second-order valence-electron chi connectivity index (χ2n) is 5.75. The first-order chi connectivity index (χ1) is 13.4. The summed E-state index contributed by atoms with van der Waals surface area (Å²) in [5.74, 6) is -1.74. The average Bonchev–Trinajstić information content (AvgIpc) is 2.71. The predicted octanol–water partition coefficient (Wildman–Crippen LogP) is 2.41. The third-order valence-electron chi connectivity index (χ3n) is 3.82. The van der Waals surface area contributed by atoms with Crippen molar-refractivity contribution in [2.45, 2.75) is 12.5 Å². The topological polar surface area (TPSA) is 90.9 Å². The summed E-state index contributed by atoms with van der Waals surface area (Å²) < 4.78 is 14.8. The fourth-order valence-electron chi connectivity index (χ4n) is 2.47. The highest BCUT2D eigenvalue weighted by Crippen LogP contribution is 2.23. The molecule has 2 rings (SSSR count). The SMILES string of the molecule is COC(=O)[C@@H](Cc1ccccc1)NC(=O)COC(=O)c1cc(Cl)ccc1OC. The Bertz CT molecular complexity index is 840. The van der Waals surface area contributed by atoms with Gasteiger partial charge in [0.05, 0.1) is 14.2 Å². The molecule has 0 saturated carbocycles. The molecule has 2 aromatic carbocycles. The van der Waals surface area contributed by atoms with Crippen molar-refractivity contribution in [1.29, 1.82) is 0 Å². The Balaban J connectivity index is 1.98. The van der Waals surface area contributed by atoms with Gasteiger partial charge in [0.1, 0.15) is 17.4 Å². The van der Waals surface area contributed by atoms with E-state index in [1.54, 1.807) is 6.07 Å². The molecule has 2 aromatic rings. The highest BCUT2D eigenvalue weighted by Gasteiger charge is 2.23. The number of hydrogen-bond acceptors (Lipinski definition) is 6. The largest absolute Gasteiger partial charge is 0.496 e. The Morgan fingerprint density at radius 3 is 2.43 bits per heavy atom. The number of hydrogen-bond donors (Lipinski definition) is 1. The third kappa shape index (κ3) is 5.99. The summed E-state index contributed by atoms with van der Waals surface area (Å²) in [5, 5.41) is 2.84. The van der Waals surface area contributed by atoms with Crippen LogP contribution in [-0.4, -0.2) is 44.7 Å². The number of nitrogens with one attached hydrogen (secondary N) is 1. The lowest BCUT2D eigenvalue weighted by molar-refractivity contribution is -0.145. The van der Waals surface area contributed by atoms with E-state index >= 15 is 0 Å². The lowest BCUT2D eigenvalue weighted by Gasteiger charge is -2.17. The molecule has 1 atom stereocenters. The predicted molar refractivity (Wildman–Crippen MR) is 102 cm³/mol. The zero-order valence-corrected chi connectivity index (χ0v) is 16.2. The molecule has 0 aromatic heterocycles. The van der Waals surface area contributed by atoms with Gasteiger partial charge in [-0.1, -0.05) is 41.9 Å². The van der Waals surface area contributed by atoms with Crippen molar-refractivity contribution in [3.05, 3.63) is 64.7 Å². The number of benzene rings is 2. The van der Waals surface area contributed by atoms with Gasteiger partial charge in [-0.05, 0) is 23.8 Å². The zero-order valence-electron chi connectivity index (χ0n) is 15.4. The van der Waals surface area contributed by atoms with Gasteiger partial charge in [0.15, 0.2) is 6.61 Å². The smallest absolute Gasteiger partial charge is 0.342 e. The van der Waals surface area contributed by atoms with E-state index in [1.165, 1.54) is 26.4 Å². The van der Waals surface area contributed by atoms with Gasteiger partial charge in [-0.15, -0.1) is 0 Å². The summed E-state index contributed by atoms with van der Waals surface area (Å²) in [6.45, 7) is -0.573. The van der Waals surface area contributed by atoms with Gasteiger partial charge in [-0.3, -0.25) is 4.79 Å². The van der Waals surface area contributed by atoms with Crippen LogP contribution in [0, 0.1) is 0 Å². The van der Waals surface area contributed by atoms with Crippen molar-refractivity contribution >= 4 is 29.4 Å². The Hall–Kier alpha value is -3.06. The van der Waals surface area contributed by atoms with E-state index in [9.17, 15) is 14.4 Å². The molecule has 0 aliphatic carbocycles. The van der Waals surface area contributed by atoms with E-state index in [1.807, 2.05) is 30.3 Å². The molecule has 1 amide bonds. The number of carbonyl (C=O) groups excluding carboxylic acids is 3. The molecular formula is C20H20ClNO6. The Morgan fingerprint density at radius 2 is 1.79 bits per heavy atom. The molecule has 0 aliphatic rings. The molecule has 0 unspecified atom stereocenters. The number of ether oxygens (including phenoxy) is 3. The standard InChI is InChI=1S/C20H20ClNO6/c1-26-17-9-8-14(21)11-15(17)19(24)28-12-18(23)22-16(20(25)27-2)10-13-6-4-3-5-7-13/h3-9,11,16H,10,12H2,1-2H3,(H,22,23)/t16-/m1/s1. The minimum atomic E-state index is -0.903. The van der Waals surface area contributed by atoms with Gasteiger partial charge >= 0.3 is 11.9 Å². The number of carbonyl (C=O) groups is 3. The number of esters is 2. The summed E-state index contributed by atoms with van der Waals surface area (Å²) in [6.07, 6.45) is 0.245. The molecule has 7 nitrogen and oxygen atoms in total. The molecule has 0 saturated heterocycles. The molecule has 1 N–H and O–H groups in total. The third-order valence-corrected chi connectivity index (χ3v) is 4.05. The molecule has 0 bridgehead atoms. The summed E-state index contributed by atoms with van der Waals surface area (Å²) in [4.78, 5) is 36.3. The van der Waals surface area contributed by atoms with Crippen LogP contribution in [0.3, 0.4) is 0 Å². The van der Waals surface area contributed by atoms with Gasteiger partial charge in [0.2, 0.25) is 0 Å². The van der Waals surface area contributed by atoms with Crippen molar-refractivity contribution in [2.24, 2.45) is 0 Å². The maximum Gasteiger partial charge on any atom is 0.342 e. The fourth-order valence-corrected chi connectivity index (χ4v) is 2.64. The van der Waals surface area contributed by atoms with Crippen molar-refractivity contribution in [2.75, 3.05) is 20.8 Å². The van der Waals surface area contributed by atoms with E-state index in [0.29, 0.717) is 5.02 Å². The molecule has 28 heavy (non-hydrogen) atoms. The van der Waals surface area contributed by atoms with Gasteiger partial charge < -0.3 is 19.5 Å². The summed E-state index contributed by atoms with van der Waals surface area (Å²) in [7, 11) is 2.63. The summed E-state index contributed by atoms with van der Waals surface area (Å²) in [6, 6.07) is 12.7. The second kappa shape index (κ2) is 10.3. The van der Waals surface area contributed by atoms with Crippen LogP contribution in [0.4, 0.5) is 0 Å². The molecule has 0 radical (unpaired) electrons. The monoisotopic (exact) mass is 405 g/mol. The van der Waals surface area contributed by atoms with Gasteiger partial charge in [-0.2, -0.15) is 0 Å². The molecule has 0 heterocycles. The van der Waals surface area contributed by atoms with Crippen LogP contribution in [0.25, 0.3) is 0 Å². The van der Waals surface area contributed by atoms with E-state index in [4.69, 9.17) is 25.8 Å². The molecule has 0 spiro atoms. The Morgan fingerprint density at radius 1 is 1.07 bits per heavy atom. The molecular weight excluding hydrogens is 386 g/mol. The van der Waals surface area contributed by atoms with Crippen LogP contribution >= 0.6 is 11.6 Å². The first-order valence-electron chi connectivity index (χ1n) is 8.36. The molecule has 0 fully saturated rings. The lowest BCUT2D eigenvalue weighted by Crippen LogP contribution is -2.44. The number of rotatable bonds is 8. The van der Waals surface area contributed by atoms with Crippen LogP contribution in [0.1, 0.15) is 15.9 Å². The lowest BCUT2D eigenvalue weighted by atomic mass is 10.1. The molecule has 8 heteroatoms. The van der Waals surface area contributed by atoms with Crippen LogP contribution < -0.4 is 10.1 Å². The average molecular weight is 406 g/mol. The Labute approximate surface area is 167 Å². The van der Waals surface area contributed by atoms with Crippen molar-refractivity contribution in [3.8, 4) is 5.75 Å². The fraction of sp³-hybridized carbons (Fsp3) is 0.250. The van der Waals surface area contributed by atoms with Crippen LogP contribution in [0.2, 0.25) is 5.02 Å². The van der Waals surface area contributed by atoms with E-state index in [-0.39, 0.29) is 17.7 Å². The maximum absolute atomic E-state index is 12.2. The summed E-state index contributed by atoms with van der Waals surface area (Å²) >= 11 is 5.88. The number of amides is 1.